The van der Waals surface area contributed by atoms with Crippen molar-refractivity contribution in [3.63, 3.8) is 0 Å². The van der Waals surface area contributed by atoms with E-state index in [1.165, 1.54) is 12.1 Å². The Balaban J connectivity index is 2.13. The lowest BCUT2D eigenvalue weighted by molar-refractivity contribution is -0.139. The highest BCUT2D eigenvalue weighted by Gasteiger charge is 2.20. The molecular weight excluding hydrogens is 397 g/mol. The summed E-state index contributed by atoms with van der Waals surface area (Å²) < 4.78 is 15.7. The van der Waals surface area contributed by atoms with Crippen molar-refractivity contribution in [3.8, 4) is 11.1 Å². The largest absolute Gasteiger partial charge is 0.481 e. The van der Waals surface area contributed by atoms with Crippen molar-refractivity contribution in [3.05, 3.63) is 65.6 Å². The van der Waals surface area contributed by atoms with Crippen LogP contribution < -0.4 is 0 Å². The van der Waals surface area contributed by atoms with E-state index in [9.17, 15) is 19.4 Å². The van der Waals surface area contributed by atoms with Crippen molar-refractivity contribution in [1.29, 1.82) is 0 Å². The van der Waals surface area contributed by atoms with Gasteiger partial charge in [-0.2, -0.15) is 0 Å². The molecule has 0 amide bonds. The molecule has 6 heteroatoms. The Kier molecular flexibility index (Phi) is 6.93. The Morgan fingerprint density at radius 3 is 2.42 bits per heavy atom. The number of aliphatic carboxylic acids is 1. The fourth-order valence-electron chi connectivity index (χ4n) is 4.02. The van der Waals surface area contributed by atoms with Gasteiger partial charge in [-0.3, -0.25) is 4.79 Å². The van der Waals surface area contributed by atoms with E-state index < -0.39 is 24.6 Å². The number of halogens is 1. The average Bonchev–Trinajstić information content (AvgIpc) is 3.02. The molecule has 5 nitrogen and oxygen atoms in total. The molecule has 3 N–H and O–H groups in total. The van der Waals surface area contributed by atoms with Crippen LogP contribution in [0.5, 0.6) is 0 Å². The number of hydrogen-bond donors (Lipinski definition) is 3. The molecule has 1 aromatic heterocycles. The third-order valence-electron chi connectivity index (χ3n) is 5.31. The van der Waals surface area contributed by atoms with Gasteiger partial charge in [0.2, 0.25) is 0 Å². The number of aryl methyl sites for hydroxylation is 1. The van der Waals surface area contributed by atoms with Gasteiger partial charge in [0, 0.05) is 29.1 Å². The van der Waals surface area contributed by atoms with Gasteiger partial charge in [0.15, 0.2) is 0 Å². The fourth-order valence-corrected chi connectivity index (χ4v) is 4.02. The van der Waals surface area contributed by atoms with E-state index in [4.69, 9.17) is 5.11 Å². The van der Waals surface area contributed by atoms with Gasteiger partial charge in [-0.25, -0.2) is 4.39 Å². The van der Waals surface area contributed by atoms with Crippen LogP contribution in [0.2, 0.25) is 0 Å². The van der Waals surface area contributed by atoms with Crippen LogP contribution in [0.4, 0.5) is 4.39 Å². The van der Waals surface area contributed by atoms with Crippen LogP contribution in [0.1, 0.15) is 44.0 Å². The fraction of sp³-hybridized carbons (Fsp3) is 0.320. The van der Waals surface area contributed by atoms with Crippen LogP contribution in [-0.2, 0) is 4.79 Å². The number of carboxylic acids is 1. The summed E-state index contributed by atoms with van der Waals surface area (Å²) >= 11 is 0. The highest BCUT2D eigenvalue weighted by molar-refractivity contribution is 6.02. The molecule has 1 heterocycles. The van der Waals surface area contributed by atoms with Gasteiger partial charge in [-0.15, -0.1) is 0 Å². The average molecular weight is 426 g/mol. The zero-order chi connectivity index (χ0) is 22.7. The van der Waals surface area contributed by atoms with Gasteiger partial charge in [0.1, 0.15) is 5.82 Å². The lowest BCUT2D eigenvalue weighted by Gasteiger charge is -2.16. The normalized spacial score (nSPS) is 13.9. The van der Waals surface area contributed by atoms with Crippen molar-refractivity contribution < 1.29 is 24.5 Å². The van der Waals surface area contributed by atoms with E-state index in [0.717, 1.165) is 33.3 Å². The summed E-state index contributed by atoms with van der Waals surface area (Å²) in [5.74, 6) is -1.43. The second kappa shape index (κ2) is 9.45. The van der Waals surface area contributed by atoms with Crippen molar-refractivity contribution in [2.75, 3.05) is 0 Å². The number of aliphatic hydroxyl groups excluding tert-OH is 2. The van der Waals surface area contributed by atoms with Crippen molar-refractivity contribution in [2.24, 2.45) is 0 Å². The molecule has 0 spiro atoms. The first-order valence-electron chi connectivity index (χ1n) is 10.3. The maximum atomic E-state index is 13.6. The maximum Gasteiger partial charge on any atom is 0.305 e. The summed E-state index contributed by atoms with van der Waals surface area (Å²) in [5.41, 5.74) is 4.82. The molecule has 3 aromatic rings. The van der Waals surface area contributed by atoms with Crippen molar-refractivity contribution in [2.45, 2.75) is 51.9 Å². The predicted molar refractivity (Wildman–Crippen MR) is 120 cm³/mol. The first-order valence-corrected chi connectivity index (χ1v) is 10.3. The molecule has 0 saturated carbocycles. The number of para-hydroxylation sites is 1. The number of hydrogen-bond acceptors (Lipinski definition) is 3. The highest BCUT2D eigenvalue weighted by atomic mass is 19.1. The minimum Gasteiger partial charge on any atom is -0.481 e. The molecule has 31 heavy (non-hydrogen) atoms. The van der Waals surface area contributed by atoms with Gasteiger partial charge in [-0.05, 0) is 50.1 Å². The quantitative estimate of drug-likeness (QED) is 0.478. The third kappa shape index (κ3) is 5.03. The summed E-state index contributed by atoms with van der Waals surface area (Å²) in [6.07, 6.45) is 0.742. The Bertz CT molecular complexity index is 1100. The van der Waals surface area contributed by atoms with Gasteiger partial charge >= 0.3 is 5.97 Å². The van der Waals surface area contributed by atoms with E-state index in [0.29, 0.717) is 0 Å². The smallest absolute Gasteiger partial charge is 0.305 e. The second-order valence-corrected chi connectivity index (χ2v) is 8.12. The summed E-state index contributed by atoms with van der Waals surface area (Å²) in [5, 5.41) is 30.0. The Labute approximate surface area is 181 Å². The topological polar surface area (TPSA) is 82.7 Å². The SMILES string of the molecule is Cc1cccc2c(-c3ccc(F)cc3)c(/C=C/[C@@H](O)C[C@@H](O)CC(=O)O)n(C(C)C)c12. The molecule has 0 bridgehead atoms. The molecule has 0 saturated heterocycles. The Morgan fingerprint density at radius 1 is 1.13 bits per heavy atom. The number of aliphatic hydroxyl groups is 2. The van der Waals surface area contributed by atoms with Crippen LogP contribution in [-0.4, -0.2) is 38.1 Å². The van der Waals surface area contributed by atoms with E-state index in [-0.39, 0.29) is 18.3 Å². The van der Waals surface area contributed by atoms with E-state index in [1.54, 1.807) is 24.3 Å². The number of carboxylic acid groups (broad SMARTS) is 1. The number of benzene rings is 2. The first kappa shape index (κ1) is 22.7. The molecule has 0 unspecified atom stereocenters. The number of fused-ring (bicyclic) bond motifs is 1. The van der Waals surface area contributed by atoms with E-state index in [2.05, 4.69) is 18.4 Å². The molecule has 0 fully saturated rings. The molecular formula is C25H28FNO4. The second-order valence-electron chi connectivity index (χ2n) is 8.12. The van der Waals surface area contributed by atoms with Crippen LogP contribution in [0.3, 0.4) is 0 Å². The Morgan fingerprint density at radius 2 is 1.81 bits per heavy atom. The Hall–Kier alpha value is -2.96. The minimum atomic E-state index is -1.13. The summed E-state index contributed by atoms with van der Waals surface area (Å²) in [6.45, 7) is 6.19. The number of rotatable bonds is 8. The predicted octanol–water partition coefficient (Wildman–Crippen LogP) is 4.94. The number of aromatic nitrogens is 1. The summed E-state index contributed by atoms with van der Waals surface area (Å²) in [4.78, 5) is 10.8. The van der Waals surface area contributed by atoms with Crippen LogP contribution >= 0.6 is 0 Å². The van der Waals surface area contributed by atoms with Crippen molar-refractivity contribution in [1.82, 2.24) is 4.57 Å². The zero-order valence-electron chi connectivity index (χ0n) is 17.9. The molecule has 2 atom stereocenters. The van der Waals surface area contributed by atoms with Gasteiger partial charge < -0.3 is 19.9 Å². The van der Waals surface area contributed by atoms with Gasteiger partial charge in [0.25, 0.3) is 0 Å². The van der Waals surface area contributed by atoms with Crippen molar-refractivity contribution >= 4 is 22.9 Å². The molecule has 2 aromatic carbocycles. The number of nitrogens with zero attached hydrogens (tertiary/aromatic N) is 1. The summed E-state index contributed by atoms with van der Waals surface area (Å²) in [7, 11) is 0. The standard InChI is InChI=1S/C25H28FNO4/c1-15(2)27-22(12-11-19(28)13-20(29)14-23(30)31)24(17-7-9-18(26)10-8-17)21-6-4-5-16(3)25(21)27/h4-12,15,19-20,28-29H,13-14H2,1-3H3,(H,30,31)/b12-11+/t19-,20-/m1/s1. The van der Waals surface area contributed by atoms with Crippen LogP contribution in [0.15, 0.2) is 48.5 Å². The van der Waals surface area contributed by atoms with Crippen LogP contribution in [0.25, 0.3) is 28.1 Å². The minimum absolute atomic E-state index is 0.0738. The molecule has 0 aliphatic carbocycles. The first-order chi connectivity index (χ1) is 14.7. The van der Waals surface area contributed by atoms with Gasteiger partial charge in [-0.1, -0.05) is 36.4 Å². The lowest BCUT2D eigenvalue weighted by atomic mass is 10.00. The van der Waals surface area contributed by atoms with E-state index in [1.807, 2.05) is 25.1 Å². The summed E-state index contributed by atoms with van der Waals surface area (Å²) in [6, 6.07) is 12.5. The number of carbonyl (C=O) groups is 1. The molecule has 0 aliphatic heterocycles. The van der Waals surface area contributed by atoms with Gasteiger partial charge in [0.05, 0.1) is 24.1 Å². The van der Waals surface area contributed by atoms with Crippen LogP contribution in [0, 0.1) is 12.7 Å². The monoisotopic (exact) mass is 425 g/mol. The molecule has 0 radical (unpaired) electrons. The zero-order valence-corrected chi connectivity index (χ0v) is 17.9. The molecule has 164 valence electrons. The molecule has 0 aliphatic rings. The third-order valence-corrected chi connectivity index (χ3v) is 5.31. The highest BCUT2D eigenvalue weighted by Crippen LogP contribution is 2.39. The maximum absolute atomic E-state index is 13.6. The lowest BCUT2D eigenvalue weighted by Crippen LogP contribution is -2.19. The van der Waals surface area contributed by atoms with E-state index >= 15 is 0 Å². The molecule has 3 rings (SSSR count).